The lowest BCUT2D eigenvalue weighted by Gasteiger charge is -2.27. The largest absolute Gasteiger partial charge is 0.360 e. The van der Waals surface area contributed by atoms with Gasteiger partial charge in [-0.15, -0.1) is 0 Å². The van der Waals surface area contributed by atoms with Gasteiger partial charge in [0.15, 0.2) is 0 Å². The number of aryl methyl sites for hydroxylation is 2. The lowest BCUT2D eigenvalue weighted by atomic mass is 9.88. The Balaban J connectivity index is 1.27. The Bertz CT molecular complexity index is 1530. The fourth-order valence-corrected chi connectivity index (χ4v) is 7.57. The number of nitrogens with one attached hydrogen (secondary N) is 2. The van der Waals surface area contributed by atoms with Crippen molar-refractivity contribution < 1.29 is 18.5 Å². The van der Waals surface area contributed by atoms with Gasteiger partial charge < -0.3 is 15.4 Å². The van der Waals surface area contributed by atoms with Crippen LogP contribution < -0.4 is 10.6 Å². The van der Waals surface area contributed by atoms with Crippen molar-refractivity contribution >= 4 is 36.4 Å². The van der Waals surface area contributed by atoms with Crippen molar-refractivity contribution in [2.75, 3.05) is 23.9 Å². The maximum Gasteiger partial charge on any atom is 0.270 e. The summed E-state index contributed by atoms with van der Waals surface area (Å²) in [5.74, 6) is 1.09. The Hall–Kier alpha value is -3.09. The smallest absolute Gasteiger partial charge is 0.270 e. The lowest BCUT2D eigenvalue weighted by Crippen LogP contribution is -2.50. The van der Waals surface area contributed by atoms with Crippen LogP contribution in [0.15, 0.2) is 36.5 Å². The first-order chi connectivity index (χ1) is 21.9. The number of carbonyl (C=O) groups excluding carboxylic acids is 2. The molecule has 2 fully saturated rings. The van der Waals surface area contributed by atoms with Crippen LogP contribution in [0.5, 0.6) is 0 Å². The number of ether oxygens (including phenoxy) is 1. The maximum absolute atomic E-state index is 13.9. The fraction of sp³-hybridized carbons (Fsp3) is 0.588. The van der Waals surface area contributed by atoms with E-state index in [1.807, 2.05) is 35.9 Å². The summed E-state index contributed by atoms with van der Waals surface area (Å²) in [7, 11) is -2.06. The zero-order valence-corrected chi connectivity index (χ0v) is 30.0. The molecule has 3 aromatic rings. The number of anilines is 1. The molecule has 10 nitrogen and oxygen atoms in total. The number of nitrogens with zero attached hydrogens (tertiary/aromatic N) is 4. The van der Waals surface area contributed by atoms with Crippen LogP contribution in [0.1, 0.15) is 54.0 Å². The molecule has 0 saturated heterocycles. The van der Waals surface area contributed by atoms with Crippen molar-refractivity contribution in [1.82, 2.24) is 24.9 Å². The molecule has 2 atom stereocenters. The first-order valence-corrected chi connectivity index (χ1v) is 22.0. The number of aromatic nitrogens is 4. The highest BCUT2D eigenvalue weighted by atomic mass is 32.2. The van der Waals surface area contributed by atoms with Crippen molar-refractivity contribution in [2.24, 2.45) is 17.8 Å². The zero-order valence-electron chi connectivity index (χ0n) is 28.2. The Morgan fingerprint density at radius 3 is 2.33 bits per heavy atom. The third kappa shape index (κ3) is 9.04. The minimum absolute atomic E-state index is 0.117. The molecule has 2 aliphatic rings. The molecule has 46 heavy (non-hydrogen) atoms. The summed E-state index contributed by atoms with van der Waals surface area (Å²) in [5.41, 5.74) is 5.19. The molecular formula is C34H50N6O4SSi. The van der Waals surface area contributed by atoms with E-state index >= 15 is 0 Å². The minimum Gasteiger partial charge on any atom is -0.360 e. The quantitative estimate of drug-likeness (QED) is 0.143. The molecule has 2 saturated carbocycles. The molecular weight excluding hydrogens is 617 g/mol. The van der Waals surface area contributed by atoms with E-state index in [9.17, 15) is 13.8 Å². The van der Waals surface area contributed by atoms with E-state index in [4.69, 9.17) is 9.84 Å². The number of benzene rings is 1. The zero-order chi connectivity index (χ0) is 33.0. The molecule has 1 aromatic carbocycles. The average Bonchev–Trinajstić information content (AvgIpc) is 3.93. The van der Waals surface area contributed by atoms with Gasteiger partial charge in [0.2, 0.25) is 5.91 Å². The second-order valence-electron chi connectivity index (χ2n) is 14.2. The fourth-order valence-electron chi connectivity index (χ4n) is 6.27. The number of hydrogen-bond acceptors (Lipinski definition) is 6. The van der Waals surface area contributed by atoms with E-state index < -0.39 is 24.9 Å². The number of rotatable bonds is 17. The second-order valence-corrected chi connectivity index (χ2v) is 21.4. The predicted octanol–water partition coefficient (Wildman–Crippen LogP) is 5.62. The van der Waals surface area contributed by atoms with Crippen LogP contribution in [0.2, 0.25) is 25.7 Å². The van der Waals surface area contributed by atoms with Gasteiger partial charge in [-0.05, 0) is 93.5 Å². The monoisotopic (exact) mass is 666 g/mol. The van der Waals surface area contributed by atoms with E-state index in [1.54, 1.807) is 23.2 Å². The highest BCUT2D eigenvalue weighted by Gasteiger charge is 2.48. The topological polar surface area (TPSA) is 120 Å². The summed E-state index contributed by atoms with van der Waals surface area (Å²) in [6.45, 7) is 12.8. The molecule has 0 bridgehead atoms. The van der Waals surface area contributed by atoms with Gasteiger partial charge in [0, 0.05) is 67.2 Å². The highest BCUT2D eigenvalue weighted by Crippen LogP contribution is 2.51. The number of carbonyl (C=O) groups is 2. The number of amides is 2. The summed E-state index contributed by atoms with van der Waals surface area (Å²) in [4.78, 5) is 27.5. The van der Waals surface area contributed by atoms with Gasteiger partial charge in [0.05, 0.1) is 5.69 Å². The van der Waals surface area contributed by atoms with Gasteiger partial charge in [-0.25, -0.2) is 4.68 Å². The van der Waals surface area contributed by atoms with Gasteiger partial charge in [-0.3, -0.25) is 18.5 Å². The van der Waals surface area contributed by atoms with Gasteiger partial charge in [0.1, 0.15) is 18.5 Å². The molecule has 250 valence electrons. The Morgan fingerprint density at radius 2 is 1.72 bits per heavy atom. The van der Waals surface area contributed by atoms with Crippen molar-refractivity contribution in [3.63, 3.8) is 0 Å². The molecule has 2 aliphatic carbocycles. The SMILES string of the molecule is Cc1nn(COCC[Si](C)(C)C)c(C)c1-c1ccc(NC(=O)[C@@H](NC(=O)c2ccnn2CCCS(C)=O)C(C2CC2)C2CC2)cc1. The molecule has 2 heterocycles. The molecule has 12 heteroatoms. The molecule has 0 aliphatic heterocycles. The summed E-state index contributed by atoms with van der Waals surface area (Å²) >= 11 is 0. The Labute approximate surface area is 276 Å². The van der Waals surface area contributed by atoms with Gasteiger partial charge >= 0.3 is 0 Å². The van der Waals surface area contributed by atoms with E-state index in [0.29, 0.717) is 48.7 Å². The molecule has 2 aromatic heterocycles. The predicted molar refractivity (Wildman–Crippen MR) is 186 cm³/mol. The minimum atomic E-state index is -1.15. The molecule has 5 rings (SSSR count). The Kier molecular flexibility index (Phi) is 11.0. The Morgan fingerprint density at radius 1 is 1.04 bits per heavy atom. The highest BCUT2D eigenvalue weighted by molar-refractivity contribution is 7.84. The summed E-state index contributed by atoms with van der Waals surface area (Å²) < 4.78 is 21.0. The van der Waals surface area contributed by atoms with E-state index in [-0.39, 0.29) is 17.7 Å². The summed E-state index contributed by atoms with van der Waals surface area (Å²) in [5, 5.41) is 15.3. The van der Waals surface area contributed by atoms with E-state index in [2.05, 4.69) is 42.3 Å². The van der Waals surface area contributed by atoms with Crippen LogP contribution in [0.3, 0.4) is 0 Å². The van der Waals surface area contributed by atoms with Gasteiger partial charge in [0.25, 0.3) is 5.91 Å². The summed E-state index contributed by atoms with van der Waals surface area (Å²) in [6, 6.07) is 10.0. The van der Waals surface area contributed by atoms with Crippen LogP contribution in [0.4, 0.5) is 5.69 Å². The van der Waals surface area contributed by atoms with E-state index in [1.165, 1.54) is 0 Å². The van der Waals surface area contributed by atoms with Crippen LogP contribution in [-0.2, 0) is 33.6 Å². The summed E-state index contributed by atoms with van der Waals surface area (Å²) in [6.07, 6.45) is 8.31. The van der Waals surface area contributed by atoms with Crippen LogP contribution in [0.25, 0.3) is 11.1 Å². The van der Waals surface area contributed by atoms with Crippen LogP contribution >= 0.6 is 0 Å². The second kappa shape index (κ2) is 14.8. The van der Waals surface area contributed by atoms with Crippen molar-refractivity contribution in [2.45, 2.75) is 91.0 Å². The number of hydrogen-bond donors (Lipinski definition) is 2. The molecule has 0 radical (unpaired) electrons. The standard InChI is InChI=1S/C34H50N6O4SSi/c1-23-30(24(2)40(38-23)22-44-19-21-46(4,5)6)25-12-14-28(15-13-25)36-34(42)32(31(26-8-9-26)27-10-11-27)37-33(41)29-16-17-35-39(29)18-7-20-45(3)43/h12-17,26-27,31-32H,7-11,18-22H2,1-6H3,(H,36,42)(H,37,41)/t32-,45?/m0/s1. The first-order valence-electron chi connectivity index (χ1n) is 16.6. The molecule has 2 N–H and O–H groups in total. The first kappa shape index (κ1) is 34.2. The molecule has 1 unspecified atom stereocenters. The molecule has 2 amide bonds. The lowest BCUT2D eigenvalue weighted by molar-refractivity contribution is -0.119. The van der Waals surface area contributed by atoms with Gasteiger partial charge in [-0.2, -0.15) is 10.2 Å². The van der Waals surface area contributed by atoms with Crippen LogP contribution in [0, 0.1) is 31.6 Å². The third-order valence-electron chi connectivity index (χ3n) is 9.07. The van der Waals surface area contributed by atoms with Crippen molar-refractivity contribution in [1.29, 1.82) is 0 Å². The normalized spacial score (nSPS) is 16.4. The van der Waals surface area contributed by atoms with Gasteiger partial charge in [-0.1, -0.05) is 31.8 Å². The molecule has 0 spiro atoms. The van der Waals surface area contributed by atoms with E-state index in [0.717, 1.165) is 60.8 Å². The van der Waals surface area contributed by atoms with Crippen molar-refractivity contribution in [3.05, 3.63) is 53.6 Å². The van der Waals surface area contributed by atoms with Crippen molar-refractivity contribution in [3.8, 4) is 11.1 Å². The van der Waals surface area contributed by atoms with Crippen LogP contribution in [-0.4, -0.2) is 68.3 Å². The maximum atomic E-state index is 13.9. The third-order valence-corrected chi connectivity index (χ3v) is 11.6. The average molecular weight is 667 g/mol.